The number of aryl methyl sites for hydroxylation is 1. The van der Waals surface area contributed by atoms with Crippen molar-refractivity contribution < 1.29 is 13.9 Å². The van der Waals surface area contributed by atoms with Gasteiger partial charge in [0.1, 0.15) is 5.82 Å². The van der Waals surface area contributed by atoms with E-state index in [2.05, 4.69) is 11.9 Å². The van der Waals surface area contributed by atoms with Crippen molar-refractivity contribution in [3.05, 3.63) is 47.3 Å². The van der Waals surface area contributed by atoms with Crippen molar-refractivity contribution in [1.82, 2.24) is 5.32 Å². The lowest BCUT2D eigenvalue weighted by molar-refractivity contribution is 0.0922. The van der Waals surface area contributed by atoms with Crippen LogP contribution in [0.15, 0.2) is 30.4 Å². The van der Waals surface area contributed by atoms with Gasteiger partial charge in [0.05, 0.1) is 18.8 Å². The summed E-state index contributed by atoms with van der Waals surface area (Å²) in [5, 5.41) is 2.61. The summed E-state index contributed by atoms with van der Waals surface area (Å²) in [5.41, 5.74) is 1.83. The van der Waals surface area contributed by atoms with Crippen LogP contribution < -0.4 is 5.32 Å². The van der Waals surface area contributed by atoms with Gasteiger partial charge in [-0.05, 0) is 26.0 Å². The van der Waals surface area contributed by atoms with Gasteiger partial charge in [-0.15, -0.1) is 0 Å². The Morgan fingerprint density at radius 1 is 1.50 bits per heavy atom. The van der Waals surface area contributed by atoms with Gasteiger partial charge in [-0.3, -0.25) is 4.79 Å². The lowest BCUT2D eigenvalue weighted by Crippen LogP contribution is -2.28. The Morgan fingerprint density at radius 2 is 2.22 bits per heavy atom. The molecule has 0 heterocycles. The Balaban J connectivity index is 2.41. The molecule has 0 aliphatic rings. The standard InChI is InChI=1S/C14H18FNO2/c1-10(2)9-18-7-6-16-14(17)12-8-11(3)4-5-13(12)15/h4-5,8H,1,6-7,9H2,2-3H3,(H,16,17). The number of amides is 1. The summed E-state index contributed by atoms with van der Waals surface area (Å²) >= 11 is 0. The molecular weight excluding hydrogens is 233 g/mol. The zero-order chi connectivity index (χ0) is 13.5. The monoisotopic (exact) mass is 251 g/mol. The fourth-order valence-electron chi connectivity index (χ4n) is 1.39. The fraction of sp³-hybridized carbons (Fsp3) is 0.357. The molecule has 0 bridgehead atoms. The summed E-state index contributed by atoms with van der Waals surface area (Å²) < 4.78 is 18.6. The van der Waals surface area contributed by atoms with Gasteiger partial charge >= 0.3 is 0 Å². The second-order valence-corrected chi connectivity index (χ2v) is 4.25. The van der Waals surface area contributed by atoms with Crippen LogP contribution in [-0.4, -0.2) is 25.7 Å². The molecule has 0 atom stereocenters. The van der Waals surface area contributed by atoms with Gasteiger partial charge in [-0.1, -0.05) is 23.8 Å². The third-order valence-electron chi connectivity index (χ3n) is 2.25. The minimum Gasteiger partial charge on any atom is -0.375 e. The molecule has 0 saturated carbocycles. The summed E-state index contributed by atoms with van der Waals surface area (Å²) in [4.78, 5) is 11.7. The van der Waals surface area contributed by atoms with Gasteiger partial charge in [0, 0.05) is 6.54 Å². The van der Waals surface area contributed by atoms with Crippen molar-refractivity contribution in [3.8, 4) is 0 Å². The molecule has 4 heteroatoms. The van der Waals surface area contributed by atoms with E-state index in [1.165, 1.54) is 12.1 Å². The van der Waals surface area contributed by atoms with E-state index in [9.17, 15) is 9.18 Å². The van der Waals surface area contributed by atoms with Crippen LogP contribution in [0.3, 0.4) is 0 Å². The molecule has 1 rings (SSSR count). The molecule has 98 valence electrons. The molecule has 0 unspecified atom stereocenters. The van der Waals surface area contributed by atoms with Gasteiger partial charge < -0.3 is 10.1 Å². The van der Waals surface area contributed by atoms with Gasteiger partial charge in [0.2, 0.25) is 0 Å². The predicted octanol–water partition coefficient (Wildman–Crippen LogP) is 2.46. The third kappa shape index (κ3) is 4.67. The molecule has 0 fully saturated rings. The number of nitrogens with one attached hydrogen (secondary N) is 1. The Hall–Kier alpha value is -1.68. The minimum atomic E-state index is -0.513. The van der Waals surface area contributed by atoms with Gasteiger partial charge in [-0.25, -0.2) is 4.39 Å². The Labute approximate surface area is 107 Å². The molecule has 1 aromatic carbocycles. The lowest BCUT2D eigenvalue weighted by Gasteiger charge is -2.07. The highest BCUT2D eigenvalue weighted by Gasteiger charge is 2.10. The minimum absolute atomic E-state index is 0.0647. The van der Waals surface area contributed by atoms with Crippen LogP contribution in [0.4, 0.5) is 4.39 Å². The van der Waals surface area contributed by atoms with Crippen LogP contribution in [0.25, 0.3) is 0 Å². The van der Waals surface area contributed by atoms with E-state index in [4.69, 9.17) is 4.74 Å². The van der Waals surface area contributed by atoms with E-state index < -0.39 is 11.7 Å². The van der Waals surface area contributed by atoms with Crippen LogP contribution in [0.1, 0.15) is 22.8 Å². The largest absolute Gasteiger partial charge is 0.375 e. The summed E-state index contributed by atoms with van der Waals surface area (Å²) in [5.74, 6) is -0.934. The quantitative estimate of drug-likeness (QED) is 0.623. The zero-order valence-electron chi connectivity index (χ0n) is 10.8. The molecule has 1 aromatic rings. The SMILES string of the molecule is C=C(C)COCCNC(=O)c1cc(C)ccc1F. The average molecular weight is 251 g/mol. The van der Waals surface area contributed by atoms with E-state index >= 15 is 0 Å². The predicted molar refractivity (Wildman–Crippen MR) is 69.1 cm³/mol. The molecule has 0 spiro atoms. The smallest absolute Gasteiger partial charge is 0.254 e. The van der Waals surface area contributed by atoms with Crippen LogP contribution in [0.2, 0.25) is 0 Å². The maximum absolute atomic E-state index is 13.4. The molecule has 0 radical (unpaired) electrons. The van der Waals surface area contributed by atoms with Crippen molar-refractivity contribution in [2.24, 2.45) is 0 Å². The highest BCUT2D eigenvalue weighted by atomic mass is 19.1. The molecule has 3 nitrogen and oxygen atoms in total. The summed E-state index contributed by atoms with van der Waals surface area (Å²) in [7, 11) is 0. The Morgan fingerprint density at radius 3 is 2.89 bits per heavy atom. The van der Waals surface area contributed by atoms with Gasteiger partial charge in [-0.2, -0.15) is 0 Å². The van der Waals surface area contributed by atoms with E-state index in [1.807, 2.05) is 13.8 Å². The number of carbonyl (C=O) groups is 1. The number of hydrogen-bond donors (Lipinski definition) is 1. The van der Waals surface area contributed by atoms with Gasteiger partial charge in [0.25, 0.3) is 5.91 Å². The average Bonchev–Trinajstić information content (AvgIpc) is 2.31. The molecule has 18 heavy (non-hydrogen) atoms. The second kappa shape index (κ2) is 6.91. The Bertz CT molecular complexity index is 443. The number of benzene rings is 1. The Kier molecular flexibility index (Phi) is 5.52. The number of halogens is 1. The molecule has 0 aliphatic heterocycles. The van der Waals surface area contributed by atoms with Crippen LogP contribution in [0, 0.1) is 12.7 Å². The maximum Gasteiger partial charge on any atom is 0.254 e. The topological polar surface area (TPSA) is 38.3 Å². The van der Waals surface area contributed by atoms with Crippen LogP contribution in [0.5, 0.6) is 0 Å². The third-order valence-corrected chi connectivity index (χ3v) is 2.25. The summed E-state index contributed by atoms with van der Waals surface area (Å²) in [6.07, 6.45) is 0. The summed E-state index contributed by atoms with van der Waals surface area (Å²) in [6.45, 7) is 8.56. The van der Waals surface area contributed by atoms with Crippen molar-refractivity contribution >= 4 is 5.91 Å². The number of hydrogen-bond acceptors (Lipinski definition) is 2. The molecule has 0 saturated heterocycles. The van der Waals surface area contributed by atoms with Gasteiger partial charge in [0.15, 0.2) is 0 Å². The van der Waals surface area contributed by atoms with Crippen molar-refractivity contribution in [2.45, 2.75) is 13.8 Å². The van der Waals surface area contributed by atoms with E-state index in [-0.39, 0.29) is 5.56 Å². The first-order valence-corrected chi connectivity index (χ1v) is 5.77. The lowest BCUT2D eigenvalue weighted by atomic mass is 10.1. The van der Waals surface area contributed by atoms with Crippen molar-refractivity contribution in [2.75, 3.05) is 19.8 Å². The maximum atomic E-state index is 13.4. The zero-order valence-corrected chi connectivity index (χ0v) is 10.8. The van der Waals surface area contributed by atoms with Crippen LogP contribution >= 0.6 is 0 Å². The fourth-order valence-corrected chi connectivity index (χ4v) is 1.39. The summed E-state index contributed by atoms with van der Waals surface area (Å²) in [6, 6.07) is 4.45. The number of ether oxygens (including phenoxy) is 1. The van der Waals surface area contributed by atoms with E-state index in [0.29, 0.717) is 19.8 Å². The van der Waals surface area contributed by atoms with Crippen molar-refractivity contribution in [1.29, 1.82) is 0 Å². The van der Waals surface area contributed by atoms with E-state index in [1.54, 1.807) is 6.07 Å². The normalized spacial score (nSPS) is 10.2. The molecule has 1 amide bonds. The molecule has 0 aliphatic carbocycles. The van der Waals surface area contributed by atoms with Crippen molar-refractivity contribution in [3.63, 3.8) is 0 Å². The van der Waals surface area contributed by atoms with E-state index in [0.717, 1.165) is 11.1 Å². The first kappa shape index (κ1) is 14.4. The molecular formula is C14H18FNO2. The second-order valence-electron chi connectivity index (χ2n) is 4.25. The molecule has 1 N–H and O–H groups in total. The van der Waals surface area contributed by atoms with Crippen LogP contribution in [-0.2, 0) is 4.74 Å². The highest BCUT2D eigenvalue weighted by molar-refractivity contribution is 5.94. The first-order chi connectivity index (χ1) is 8.50. The first-order valence-electron chi connectivity index (χ1n) is 5.77. The highest BCUT2D eigenvalue weighted by Crippen LogP contribution is 2.09. The number of carbonyl (C=O) groups excluding carboxylic acids is 1. The number of rotatable bonds is 6. The molecule has 0 aromatic heterocycles.